The predicted molar refractivity (Wildman–Crippen MR) is 116 cm³/mol. The van der Waals surface area contributed by atoms with Crippen LogP contribution < -0.4 is 10.2 Å². The normalized spacial score (nSPS) is 14.1. The number of carbonyl (C=O) groups is 1. The first-order valence-corrected chi connectivity index (χ1v) is 10.1. The molecule has 7 nitrogen and oxygen atoms in total. The maximum atomic E-state index is 12.4. The van der Waals surface area contributed by atoms with E-state index in [1.54, 1.807) is 11.9 Å². The van der Waals surface area contributed by atoms with E-state index in [2.05, 4.69) is 10.2 Å². The van der Waals surface area contributed by atoms with E-state index >= 15 is 0 Å². The number of hydrogen-bond acceptors (Lipinski definition) is 5. The number of carbonyl (C=O) groups excluding carboxylic acids is 1. The Labute approximate surface area is 175 Å². The van der Waals surface area contributed by atoms with Gasteiger partial charge in [0.1, 0.15) is 0 Å². The van der Waals surface area contributed by atoms with Crippen molar-refractivity contribution in [2.24, 2.45) is 0 Å². The molecule has 0 bridgehead atoms. The number of nitro benzene ring substituents is 1. The summed E-state index contributed by atoms with van der Waals surface area (Å²) in [7, 11) is 1.77. The molecule has 154 valence electrons. The Morgan fingerprint density at radius 3 is 2.52 bits per heavy atom. The summed E-state index contributed by atoms with van der Waals surface area (Å²) in [5, 5.41) is 14.3. The maximum absolute atomic E-state index is 12.4. The van der Waals surface area contributed by atoms with E-state index < -0.39 is 4.92 Å². The monoisotopic (exact) mass is 416 g/mol. The van der Waals surface area contributed by atoms with Gasteiger partial charge in [0, 0.05) is 48.2 Å². The summed E-state index contributed by atoms with van der Waals surface area (Å²) in [6.07, 6.45) is 3.73. The van der Waals surface area contributed by atoms with Crippen LogP contribution in [0.4, 0.5) is 17.1 Å². The summed E-state index contributed by atoms with van der Waals surface area (Å²) in [6, 6.07) is 12.2. The number of benzene rings is 2. The fourth-order valence-corrected chi connectivity index (χ4v) is 3.67. The lowest BCUT2D eigenvalue weighted by Crippen LogP contribution is -2.30. The van der Waals surface area contributed by atoms with Gasteiger partial charge in [-0.1, -0.05) is 11.6 Å². The fraction of sp³-hybridized carbons (Fsp3) is 0.381. The van der Waals surface area contributed by atoms with Crippen molar-refractivity contribution in [2.45, 2.75) is 25.8 Å². The molecule has 2 aromatic rings. The molecule has 0 atom stereocenters. The second kappa shape index (κ2) is 9.71. The quantitative estimate of drug-likeness (QED) is 0.537. The standard InChI is InChI=1S/C21H25ClN4O3/c1-24(14-16-13-19(26(28)29)9-10-20(16)22)15-21(27)23-17-5-7-18(8-6-17)25-11-3-2-4-12-25/h5-10,13H,2-4,11-12,14-15H2,1H3,(H,23,27). The number of nitrogens with zero attached hydrogens (tertiary/aromatic N) is 3. The molecule has 0 saturated carbocycles. The predicted octanol–water partition coefficient (Wildman–Crippen LogP) is 4.31. The van der Waals surface area contributed by atoms with Crippen molar-refractivity contribution < 1.29 is 9.72 Å². The highest BCUT2D eigenvalue weighted by molar-refractivity contribution is 6.31. The molecular weight excluding hydrogens is 392 g/mol. The molecule has 1 N–H and O–H groups in total. The van der Waals surface area contributed by atoms with Crippen LogP contribution in [0.25, 0.3) is 0 Å². The van der Waals surface area contributed by atoms with Gasteiger partial charge in [-0.2, -0.15) is 0 Å². The number of likely N-dealkylation sites (N-methyl/N-ethyl adjacent to an activating group) is 1. The van der Waals surface area contributed by atoms with E-state index in [0.29, 0.717) is 17.1 Å². The third-order valence-corrected chi connectivity index (χ3v) is 5.33. The average molecular weight is 417 g/mol. The first-order chi connectivity index (χ1) is 13.9. The molecule has 1 fully saturated rings. The molecular formula is C21H25ClN4O3. The van der Waals surface area contributed by atoms with Crippen LogP contribution >= 0.6 is 11.6 Å². The first kappa shape index (κ1) is 21.1. The van der Waals surface area contributed by atoms with E-state index in [4.69, 9.17) is 11.6 Å². The van der Waals surface area contributed by atoms with E-state index in [9.17, 15) is 14.9 Å². The SMILES string of the molecule is CN(CC(=O)Nc1ccc(N2CCCCC2)cc1)Cc1cc([N+](=O)[O-])ccc1Cl. The summed E-state index contributed by atoms with van der Waals surface area (Å²) in [6.45, 7) is 2.64. The van der Waals surface area contributed by atoms with Crippen LogP contribution in [0.5, 0.6) is 0 Å². The largest absolute Gasteiger partial charge is 0.372 e. The van der Waals surface area contributed by atoms with Crippen LogP contribution in [0.3, 0.4) is 0 Å². The number of rotatable bonds is 7. The van der Waals surface area contributed by atoms with Crippen molar-refractivity contribution >= 4 is 34.6 Å². The molecule has 2 aromatic carbocycles. The highest BCUT2D eigenvalue weighted by Crippen LogP contribution is 2.24. The topological polar surface area (TPSA) is 78.7 Å². The van der Waals surface area contributed by atoms with Gasteiger partial charge in [0.2, 0.25) is 5.91 Å². The van der Waals surface area contributed by atoms with Crippen molar-refractivity contribution in [1.82, 2.24) is 4.90 Å². The van der Waals surface area contributed by atoms with E-state index in [0.717, 1.165) is 18.8 Å². The third kappa shape index (κ3) is 5.92. The molecule has 1 amide bonds. The zero-order valence-electron chi connectivity index (χ0n) is 16.4. The van der Waals surface area contributed by atoms with Crippen LogP contribution in [0.2, 0.25) is 5.02 Å². The number of hydrogen-bond donors (Lipinski definition) is 1. The van der Waals surface area contributed by atoms with Gasteiger partial charge >= 0.3 is 0 Å². The van der Waals surface area contributed by atoms with Crippen LogP contribution in [0.15, 0.2) is 42.5 Å². The number of nitrogens with one attached hydrogen (secondary N) is 1. The zero-order chi connectivity index (χ0) is 20.8. The van der Waals surface area contributed by atoms with Gasteiger partial charge in [0.15, 0.2) is 0 Å². The van der Waals surface area contributed by atoms with E-state index in [-0.39, 0.29) is 18.1 Å². The molecule has 1 aliphatic heterocycles. The Hall–Kier alpha value is -2.64. The Morgan fingerprint density at radius 2 is 1.86 bits per heavy atom. The minimum Gasteiger partial charge on any atom is -0.372 e. The molecule has 0 aliphatic carbocycles. The lowest BCUT2D eigenvalue weighted by atomic mass is 10.1. The van der Waals surface area contributed by atoms with Crippen molar-refractivity contribution in [3.05, 3.63) is 63.2 Å². The van der Waals surface area contributed by atoms with Crippen molar-refractivity contribution in [3.63, 3.8) is 0 Å². The summed E-state index contributed by atoms with van der Waals surface area (Å²) in [5.74, 6) is -0.153. The number of non-ortho nitro benzene ring substituents is 1. The number of anilines is 2. The van der Waals surface area contributed by atoms with Crippen LogP contribution in [0.1, 0.15) is 24.8 Å². The van der Waals surface area contributed by atoms with Gasteiger partial charge in [0.25, 0.3) is 5.69 Å². The number of halogens is 1. The van der Waals surface area contributed by atoms with Gasteiger partial charge in [-0.25, -0.2) is 0 Å². The Bertz CT molecular complexity index is 867. The summed E-state index contributed by atoms with van der Waals surface area (Å²) in [4.78, 5) is 27.0. The molecule has 0 unspecified atom stereocenters. The molecule has 0 aromatic heterocycles. The van der Waals surface area contributed by atoms with E-state index in [1.165, 1.54) is 43.1 Å². The molecule has 8 heteroatoms. The molecule has 0 spiro atoms. The molecule has 3 rings (SSSR count). The summed E-state index contributed by atoms with van der Waals surface area (Å²) >= 11 is 6.14. The highest BCUT2D eigenvalue weighted by atomic mass is 35.5. The third-order valence-electron chi connectivity index (χ3n) is 4.97. The van der Waals surface area contributed by atoms with Crippen molar-refractivity contribution in [2.75, 3.05) is 36.9 Å². The minimum absolute atomic E-state index is 0.0175. The lowest BCUT2D eigenvalue weighted by Gasteiger charge is -2.28. The Kier molecular flexibility index (Phi) is 7.06. The van der Waals surface area contributed by atoms with Gasteiger partial charge in [-0.3, -0.25) is 19.8 Å². The van der Waals surface area contributed by atoms with Gasteiger partial charge < -0.3 is 10.2 Å². The molecule has 1 aliphatic rings. The van der Waals surface area contributed by atoms with Gasteiger partial charge in [-0.15, -0.1) is 0 Å². The highest BCUT2D eigenvalue weighted by Gasteiger charge is 2.14. The summed E-state index contributed by atoms with van der Waals surface area (Å²) in [5.41, 5.74) is 2.52. The van der Waals surface area contributed by atoms with Crippen molar-refractivity contribution in [3.8, 4) is 0 Å². The lowest BCUT2D eigenvalue weighted by molar-refractivity contribution is -0.384. The Balaban J connectivity index is 1.53. The van der Waals surface area contributed by atoms with Crippen LogP contribution in [-0.4, -0.2) is 42.4 Å². The Morgan fingerprint density at radius 1 is 1.17 bits per heavy atom. The molecule has 1 saturated heterocycles. The van der Waals surface area contributed by atoms with Crippen LogP contribution in [-0.2, 0) is 11.3 Å². The number of piperidine rings is 1. The molecule has 1 heterocycles. The molecule has 0 radical (unpaired) electrons. The second-order valence-corrected chi connectivity index (χ2v) is 7.76. The minimum atomic E-state index is -0.458. The van der Waals surface area contributed by atoms with E-state index in [1.807, 2.05) is 24.3 Å². The fourth-order valence-electron chi connectivity index (χ4n) is 3.50. The first-order valence-electron chi connectivity index (χ1n) is 9.68. The van der Waals surface area contributed by atoms with Crippen LogP contribution in [0, 0.1) is 10.1 Å². The zero-order valence-corrected chi connectivity index (χ0v) is 17.2. The number of nitro groups is 1. The number of amides is 1. The maximum Gasteiger partial charge on any atom is 0.269 e. The van der Waals surface area contributed by atoms with Gasteiger partial charge in [0.05, 0.1) is 11.5 Å². The second-order valence-electron chi connectivity index (χ2n) is 7.35. The average Bonchev–Trinajstić information content (AvgIpc) is 2.70. The van der Waals surface area contributed by atoms with Crippen molar-refractivity contribution in [1.29, 1.82) is 0 Å². The smallest absolute Gasteiger partial charge is 0.269 e. The summed E-state index contributed by atoms with van der Waals surface area (Å²) < 4.78 is 0. The van der Waals surface area contributed by atoms with Gasteiger partial charge in [-0.05, 0) is 62.2 Å². The molecule has 29 heavy (non-hydrogen) atoms.